The SMILES string of the molecule is CCc1nn(C)c(CCC(Br)C2CCCC2)c1Br. The Balaban J connectivity index is 1.95. The van der Waals surface area contributed by atoms with Gasteiger partial charge in [-0.15, -0.1) is 0 Å². The second kappa shape index (κ2) is 6.56. The number of hydrogen-bond donors (Lipinski definition) is 0. The van der Waals surface area contributed by atoms with Gasteiger partial charge in [-0.2, -0.15) is 5.10 Å². The molecule has 1 aliphatic rings. The Morgan fingerprint density at radius 1 is 1.39 bits per heavy atom. The van der Waals surface area contributed by atoms with Gasteiger partial charge in [-0.3, -0.25) is 4.68 Å². The molecular formula is C14H22Br2N2. The minimum Gasteiger partial charge on any atom is -0.271 e. The fourth-order valence-electron chi connectivity index (χ4n) is 2.92. The molecule has 1 aromatic heterocycles. The molecule has 0 aromatic carbocycles. The summed E-state index contributed by atoms with van der Waals surface area (Å²) in [4.78, 5) is 0.673. The van der Waals surface area contributed by atoms with Crippen LogP contribution >= 0.6 is 31.9 Å². The van der Waals surface area contributed by atoms with E-state index in [0.717, 1.165) is 18.8 Å². The lowest BCUT2D eigenvalue weighted by molar-refractivity contribution is 0.500. The van der Waals surface area contributed by atoms with Crippen molar-refractivity contribution < 1.29 is 0 Å². The second-order valence-corrected chi connectivity index (χ2v) is 7.25. The predicted octanol–water partition coefficient (Wildman–Crippen LogP) is 4.63. The van der Waals surface area contributed by atoms with E-state index in [2.05, 4.69) is 50.9 Å². The van der Waals surface area contributed by atoms with E-state index in [1.165, 1.54) is 48.0 Å². The molecule has 0 spiro atoms. The average molecular weight is 378 g/mol. The zero-order valence-corrected chi connectivity index (χ0v) is 14.4. The van der Waals surface area contributed by atoms with Gasteiger partial charge in [-0.25, -0.2) is 0 Å². The first-order valence-electron chi connectivity index (χ1n) is 6.97. The molecule has 0 aliphatic heterocycles. The van der Waals surface area contributed by atoms with Crippen molar-refractivity contribution in [3.63, 3.8) is 0 Å². The highest BCUT2D eigenvalue weighted by Crippen LogP contribution is 2.34. The van der Waals surface area contributed by atoms with Gasteiger partial charge in [0.05, 0.1) is 15.9 Å². The molecule has 0 N–H and O–H groups in total. The van der Waals surface area contributed by atoms with E-state index < -0.39 is 0 Å². The Morgan fingerprint density at radius 2 is 2.06 bits per heavy atom. The van der Waals surface area contributed by atoms with Crippen LogP contribution in [0.3, 0.4) is 0 Å². The third kappa shape index (κ3) is 3.19. The van der Waals surface area contributed by atoms with Gasteiger partial charge < -0.3 is 0 Å². The van der Waals surface area contributed by atoms with E-state index in [-0.39, 0.29) is 0 Å². The minimum absolute atomic E-state index is 0.673. The Morgan fingerprint density at radius 3 is 2.61 bits per heavy atom. The lowest BCUT2D eigenvalue weighted by Gasteiger charge is -2.16. The topological polar surface area (TPSA) is 17.8 Å². The first-order valence-corrected chi connectivity index (χ1v) is 8.68. The van der Waals surface area contributed by atoms with Crippen LogP contribution in [0.1, 0.15) is 50.4 Å². The molecule has 102 valence electrons. The molecule has 1 aliphatic carbocycles. The molecule has 1 heterocycles. The van der Waals surface area contributed by atoms with Gasteiger partial charge >= 0.3 is 0 Å². The largest absolute Gasteiger partial charge is 0.271 e. The van der Waals surface area contributed by atoms with Crippen molar-refractivity contribution in [1.29, 1.82) is 0 Å². The first kappa shape index (κ1) is 14.6. The van der Waals surface area contributed by atoms with Gasteiger partial charge in [-0.05, 0) is 54.0 Å². The summed E-state index contributed by atoms with van der Waals surface area (Å²) in [6.45, 7) is 2.16. The number of halogens is 2. The highest BCUT2D eigenvalue weighted by atomic mass is 79.9. The van der Waals surface area contributed by atoms with E-state index in [0.29, 0.717) is 4.83 Å². The fourth-order valence-corrected chi connectivity index (χ4v) is 4.49. The molecular weight excluding hydrogens is 356 g/mol. The third-order valence-electron chi connectivity index (χ3n) is 4.07. The number of aromatic nitrogens is 2. The molecule has 1 fully saturated rings. The number of hydrogen-bond acceptors (Lipinski definition) is 1. The Bertz CT molecular complexity index is 395. The summed E-state index contributed by atoms with van der Waals surface area (Å²) in [6.07, 6.45) is 8.97. The van der Waals surface area contributed by atoms with Crippen molar-refractivity contribution in [1.82, 2.24) is 9.78 Å². The van der Waals surface area contributed by atoms with Gasteiger partial charge in [0.1, 0.15) is 0 Å². The van der Waals surface area contributed by atoms with Crippen molar-refractivity contribution in [3.05, 3.63) is 15.9 Å². The summed E-state index contributed by atoms with van der Waals surface area (Å²) in [7, 11) is 2.05. The molecule has 1 saturated carbocycles. The van der Waals surface area contributed by atoms with Crippen LogP contribution in [-0.4, -0.2) is 14.6 Å². The van der Waals surface area contributed by atoms with Crippen LogP contribution in [0.15, 0.2) is 4.47 Å². The number of nitrogens with zero attached hydrogens (tertiary/aromatic N) is 2. The predicted molar refractivity (Wildman–Crippen MR) is 83.3 cm³/mol. The summed E-state index contributed by atoms with van der Waals surface area (Å²) in [5.74, 6) is 0.891. The highest BCUT2D eigenvalue weighted by molar-refractivity contribution is 9.10. The van der Waals surface area contributed by atoms with Crippen molar-refractivity contribution in [2.75, 3.05) is 0 Å². The van der Waals surface area contributed by atoms with Crippen molar-refractivity contribution >= 4 is 31.9 Å². The maximum atomic E-state index is 4.56. The van der Waals surface area contributed by atoms with Crippen LogP contribution in [0.5, 0.6) is 0 Å². The van der Waals surface area contributed by atoms with Crippen LogP contribution in [0.25, 0.3) is 0 Å². The van der Waals surface area contributed by atoms with Crippen LogP contribution < -0.4 is 0 Å². The Hall–Kier alpha value is 0.170. The molecule has 1 unspecified atom stereocenters. The van der Waals surface area contributed by atoms with Crippen molar-refractivity contribution in [2.24, 2.45) is 13.0 Å². The third-order valence-corrected chi connectivity index (χ3v) is 6.19. The molecule has 0 bridgehead atoms. The normalized spacial score (nSPS) is 18.4. The number of aryl methyl sites for hydroxylation is 2. The summed E-state index contributed by atoms with van der Waals surface area (Å²) >= 11 is 7.59. The Labute approximate surface area is 127 Å². The molecule has 1 atom stereocenters. The molecule has 4 heteroatoms. The smallest absolute Gasteiger partial charge is 0.0766 e. The van der Waals surface area contributed by atoms with Gasteiger partial charge in [0, 0.05) is 11.9 Å². The summed E-state index contributed by atoms with van der Waals surface area (Å²) in [5, 5.41) is 4.56. The summed E-state index contributed by atoms with van der Waals surface area (Å²) < 4.78 is 3.26. The lowest BCUT2D eigenvalue weighted by atomic mass is 9.99. The maximum absolute atomic E-state index is 4.56. The van der Waals surface area contributed by atoms with E-state index in [9.17, 15) is 0 Å². The molecule has 1 aromatic rings. The van der Waals surface area contributed by atoms with E-state index in [1.54, 1.807) is 0 Å². The Kier molecular flexibility index (Phi) is 5.31. The summed E-state index contributed by atoms with van der Waals surface area (Å²) in [6, 6.07) is 0. The van der Waals surface area contributed by atoms with Gasteiger partial charge in [0.15, 0.2) is 0 Å². The zero-order valence-electron chi connectivity index (χ0n) is 11.3. The first-order chi connectivity index (χ1) is 8.63. The van der Waals surface area contributed by atoms with Crippen LogP contribution in [0.2, 0.25) is 0 Å². The second-order valence-electron chi connectivity index (χ2n) is 5.28. The highest BCUT2D eigenvalue weighted by Gasteiger charge is 2.23. The molecule has 2 rings (SSSR count). The average Bonchev–Trinajstić information content (AvgIpc) is 2.96. The molecule has 18 heavy (non-hydrogen) atoms. The van der Waals surface area contributed by atoms with Crippen molar-refractivity contribution in [3.8, 4) is 0 Å². The van der Waals surface area contributed by atoms with Gasteiger partial charge in [0.2, 0.25) is 0 Å². The maximum Gasteiger partial charge on any atom is 0.0766 e. The number of rotatable bonds is 5. The van der Waals surface area contributed by atoms with E-state index >= 15 is 0 Å². The molecule has 0 amide bonds. The molecule has 0 radical (unpaired) electrons. The minimum atomic E-state index is 0.673. The molecule has 0 saturated heterocycles. The van der Waals surface area contributed by atoms with Gasteiger partial charge in [-0.1, -0.05) is 35.7 Å². The summed E-state index contributed by atoms with van der Waals surface area (Å²) in [5.41, 5.74) is 2.52. The van der Waals surface area contributed by atoms with E-state index in [1.807, 2.05) is 4.68 Å². The monoisotopic (exact) mass is 376 g/mol. The lowest BCUT2D eigenvalue weighted by Crippen LogP contribution is -2.12. The van der Waals surface area contributed by atoms with Crippen LogP contribution in [-0.2, 0) is 19.9 Å². The molecule has 2 nitrogen and oxygen atoms in total. The van der Waals surface area contributed by atoms with E-state index in [4.69, 9.17) is 0 Å². The number of alkyl halides is 1. The quantitative estimate of drug-likeness (QED) is 0.684. The van der Waals surface area contributed by atoms with Crippen LogP contribution in [0.4, 0.5) is 0 Å². The fraction of sp³-hybridized carbons (Fsp3) is 0.786. The zero-order chi connectivity index (χ0) is 13.1. The van der Waals surface area contributed by atoms with Gasteiger partial charge in [0.25, 0.3) is 0 Å². The standard InChI is InChI=1S/C14H22Br2N2/c1-3-12-14(16)13(18(2)17-12)9-8-11(15)10-6-4-5-7-10/h10-11H,3-9H2,1-2H3. The van der Waals surface area contributed by atoms with Crippen LogP contribution in [0, 0.1) is 5.92 Å². The van der Waals surface area contributed by atoms with Crippen molar-refractivity contribution in [2.45, 2.75) is 56.7 Å².